The number of carboxylic acid groups (broad SMARTS) is 1. The Bertz CT molecular complexity index is 597. The monoisotopic (exact) mass is 295 g/mol. The van der Waals surface area contributed by atoms with Crippen LogP contribution in [0.5, 0.6) is 0 Å². The van der Waals surface area contributed by atoms with Gasteiger partial charge in [-0.1, -0.05) is 25.4 Å². The molecule has 5 nitrogen and oxygen atoms in total. The topological polar surface area (TPSA) is 74.7 Å². The minimum atomic E-state index is -1.12. The van der Waals surface area contributed by atoms with Gasteiger partial charge in [-0.05, 0) is 30.5 Å². The van der Waals surface area contributed by atoms with E-state index in [0.29, 0.717) is 10.7 Å². The number of carboxylic acids is 1. The number of hydrogen-bond donors (Lipinski definition) is 1. The van der Waals surface area contributed by atoms with Crippen molar-refractivity contribution in [3.63, 3.8) is 0 Å². The number of benzene rings is 1. The normalized spacial score (nSPS) is 15.7. The molecule has 1 atom stereocenters. The summed E-state index contributed by atoms with van der Waals surface area (Å²) in [5.74, 6) is -2.56. The fourth-order valence-corrected chi connectivity index (χ4v) is 2.48. The number of anilines is 1. The van der Waals surface area contributed by atoms with Crippen LogP contribution in [-0.4, -0.2) is 28.8 Å². The van der Waals surface area contributed by atoms with Crippen molar-refractivity contribution in [3.05, 3.63) is 28.8 Å². The van der Waals surface area contributed by atoms with Crippen LogP contribution in [0.3, 0.4) is 0 Å². The third-order valence-corrected chi connectivity index (χ3v) is 3.40. The maximum atomic E-state index is 12.1. The van der Waals surface area contributed by atoms with Gasteiger partial charge in [-0.2, -0.15) is 0 Å². The summed E-state index contributed by atoms with van der Waals surface area (Å²) < 4.78 is 0. The van der Waals surface area contributed by atoms with Crippen LogP contribution in [0.2, 0.25) is 5.02 Å². The van der Waals surface area contributed by atoms with Gasteiger partial charge in [0.2, 0.25) is 0 Å². The summed E-state index contributed by atoms with van der Waals surface area (Å²) in [6, 6.07) is 3.39. The molecule has 1 aliphatic heterocycles. The molecule has 1 amide bonds. The number of rotatable bonds is 4. The van der Waals surface area contributed by atoms with Gasteiger partial charge in [0.05, 0.1) is 11.3 Å². The molecule has 0 bridgehead atoms. The SMILES string of the molecule is CC(C)CC(C(=O)O)N1C(=O)C(=O)c2cc(Cl)ccc21. The second kappa shape index (κ2) is 5.25. The number of halogens is 1. The number of ketones is 1. The highest BCUT2D eigenvalue weighted by Gasteiger charge is 2.42. The number of hydrogen-bond acceptors (Lipinski definition) is 3. The van der Waals surface area contributed by atoms with E-state index in [9.17, 15) is 19.5 Å². The average Bonchev–Trinajstić information content (AvgIpc) is 2.59. The maximum Gasteiger partial charge on any atom is 0.326 e. The first kappa shape index (κ1) is 14.5. The van der Waals surface area contributed by atoms with Gasteiger partial charge >= 0.3 is 5.97 Å². The fraction of sp³-hybridized carbons (Fsp3) is 0.357. The van der Waals surface area contributed by atoms with Gasteiger partial charge in [0.1, 0.15) is 6.04 Å². The summed E-state index contributed by atoms with van der Waals surface area (Å²) >= 11 is 5.81. The zero-order chi connectivity index (χ0) is 15.0. The first-order valence-corrected chi connectivity index (χ1v) is 6.61. The van der Waals surface area contributed by atoms with Gasteiger partial charge < -0.3 is 5.11 Å². The number of carbonyl (C=O) groups excluding carboxylic acids is 2. The lowest BCUT2D eigenvalue weighted by molar-refractivity contribution is -0.140. The second-order valence-corrected chi connectivity index (χ2v) is 5.59. The highest BCUT2D eigenvalue weighted by molar-refractivity contribution is 6.53. The Labute approximate surface area is 121 Å². The van der Waals surface area contributed by atoms with Gasteiger partial charge in [0.15, 0.2) is 0 Å². The Balaban J connectivity index is 2.49. The van der Waals surface area contributed by atoms with Crippen LogP contribution in [0.1, 0.15) is 30.6 Å². The van der Waals surface area contributed by atoms with E-state index in [-0.39, 0.29) is 17.9 Å². The molecule has 0 aliphatic carbocycles. The summed E-state index contributed by atoms with van der Waals surface area (Å²) in [5.41, 5.74) is 0.481. The van der Waals surface area contributed by atoms with E-state index in [1.54, 1.807) is 0 Å². The average molecular weight is 296 g/mol. The first-order chi connectivity index (χ1) is 9.32. The molecule has 0 aromatic heterocycles. The quantitative estimate of drug-likeness (QED) is 0.865. The van der Waals surface area contributed by atoms with Crippen molar-refractivity contribution in [1.82, 2.24) is 0 Å². The fourth-order valence-electron chi connectivity index (χ4n) is 2.31. The zero-order valence-electron chi connectivity index (χ0n) is 11.1. The number of fused-ring (bicyclic) bond motifs is 1. The molecule has 106 valence electrons. The van der Waals surface area contributed by atoms with Crippen LogP contribution in [0.25, 0.3) is 0 Å². The van der Waals surface area contributed by atoms with Crippen molar-refractivity contribution < 1.29 is 19.5 Å². The van der Waals surface area contributed by atoms with Gasteiger partial charge in [-0.15, -0.1) is 0 Å². The lowest BCUT2D eigenvalue weighted by Crippen LogP contribution is -2.45. The van der Waals surface area contributed by atoms with Crippen molar-refractivity contribution in [2.24, 2.45) is 5.92 Å². The van der Waals surface area contributed by atoms with E-state index in [2.05, 4.69) is 0 Å². The zero-order valence-corrected chi connectivity index (χ0v) is 11.8. The Morgan fingerprint density at radius 2 is 2.00 bits per heavy atom. The Hall–Kier alpha value is -1.88. The predicted octanol–water partition coefficient (Wildman–Crippen LogP) is 2.37. The molecule has 1 heterocycles. The molecule has 1 aromatic rings. The largest absolute Gasteiger partial charge is 0.480 e. The van der Waals surface area contributed by atoms with E-state index in [1.165, 1.54) is 18.2 Å². The lowest BCUT2D eigenvalue weighted by Gasteiger charge is -2.25. The minimum absolute atomic E-state index is 0.0790. The molecule has 0 fully saturated rings. The molecule has 0 spiro atoms. The van der Waals surface area contributed by atoms with E-state index in [0.717, 1.165) is 4.90 Å². The molecular formula is C14H14ClNO4. The van der Waals surface area contributed by atoms with Crippen LogP contribution in [0, 0.1) is 5.92 Å². The number of Topliss-reactive ketones (excluding diaryl/α,β-unsaturated/α-hetero) is 1. The Morgan fingerprint density at radius 3 is 2.55 bits per heavy atom. The summed E-state index contributed by atoms with van der Waals surface area (Å²) in [6.45, 7) is 3.72. The van der Waals surface area contributed by atoms with Crippen LogP contribution in [0.4, 0.5) is 5.69 Å². The highest BCUT2D eigenvalue weighted by Crippen LogP contribution is 2.34. The molecule has 1 unspecified atom stereocenters. The van der Waals surface area contributed by atoms with Gasteiger partial charge in [0.25, 0.3) is 11.7 Å². The van der Waals surface area contributed by atoms with Crippen molar-refractivity contribution in [3.8, 4) is 0 Å². The van der Waals surface area contributed by atoms with Gasteiger partial charge in [-0.25, -0.2) is 4.79 Å². The van der Waals surface area contributed by atoms with Crippen molar-refractivity contribution in [2.75, 3.05) is 4.90 Å². The molecular weight excluding hydrogens is 282 g/mol. The summed E-state index contributed by atoms with van der Waals surface area (Å²) in [4.78, 5) is 36.5. The smallest absolute Gasteiger partial charge is 0.326 e. The minimum Gasteiger partial charge on any atom is -0.480 e. The van der Waals surface area contributed by atoms with Crippen molar-refractivity contribution in [2.45, 2.75) is 26.3 Å². The Morgan fingerprint density at radius 1 is 1.35 bits per heavy atom. The van der Waals surface area contributed by atoms with Crippen LogP contribution < -0.4 is 4.90 Å². The van der Waals surface area contributed by atoms with Crippen molar-refractivity contribution >= 4 is 34.9 Å². The molecule has 0 saturated heterocycles. The summed E-state index contributed by atoms with van der Waals surface area (Å²) in [5, 5.41) is 9.67. The van der Waals surface area contributed by atoms with Crippen molar-refractivity contribution in [1.29, 1.82) is 0 Å². The summed E-state index contributed by atoms with van der Waals surface area (Å²) in [7, 11) is 0. The molecule has 0 saturated carbocycles. The van der Waals surface area contributed by atoms with Crippen LogP contribution in [0.15, 0.2) is 18.2 Å². The molecule has 0 radical (unpaired) electrons. The number of nitrogens with zero attached hydrogens (tertiary/aromatic N) is 1. The van der Waals surface area contributed by atoms with E-state index in [1.807, 2.05) is 13.8 Å². The lowest BCUT2D eigenvalue weighted by atomic mass is 10.0. The molecule has 6 heteroatoms. The van der Waals surface area contributed by atoms with Gasteiger partial charge in [0, 0.05) is 5.02 Å². The number of amides is 1. The summed E-state index contributed by atoms with van der Waals surface area (Å²) in [6.07, 6.45) is 0.274. The van der Waals surface area contributed by atoms with E-state index >= 15 is 0 Å². The van der Waals surface area contributed by atoms with E-state index in [4.69, 9.17) is 11.6 Å². The molecule has 1 N–H and O–H groups in total. The van der Waals surface area contributed by atoms with Gasteiger partial charge in [-0.3, -0.25) is 14.5 Å². The van der Waals surface area contributed by atoms with Crippen LogP contribution >= 0.6 is 11.6 Å². The maximum absolute atomic E-state index is 12.1. The van der Waals surface area contributed by atoms with E-state index < -0.39 is 23.7 Å². The first-order valence-electron chi connectivity index (χ1n) is 6.23. The molecule has 1 aliphatic rings. The third kappa shape index (κ3) is 2.41. The molecule has 1 aromatic carbocycles. The standard InChI is InChI=1S/C14H14ClNO4/c1-7(2)5-11(14(19)20)16-10-4-3-8(15)6-9(10)12(17)13(16)18/h3-4,6-7,11H,5H2,1-2H3,(H,19,20). The predicted molar refractivity (Wildman–Crippen MR) is 74.1 cm³/mol. The molecule has 20 heavy (non-hydrogen) atoms. The molecule has 2 rings (SSSR count). The van der Waals surface area contributed by atoms with Crippen LogP contribution in [-0.2, 0) is 9.59 Å². The number of carbonyl (C=O) groups is 3. The Kier molecular flexibility index (Phi) is 3.81. The third-order valence-electron chi connectivity index (χ3n) is 3.17. The number of aliphatic carboxylic acids is 1. The second-order valence-electron chi connectivity index (χ2n) is 5.15. The highest BCUT2D eigenvalue weighted by atomic mass is 35.5.